The molecule has 0 amide bonds. The lowest BCUT2D eigenvalue weighted by Crippen LogP contribution is -2.36. The molecule has 4 rings (SSSR count). The summed E-state index contributed by atoms with van der Waals surface area (Å²) >= 11 is 12.0. The molecular weight excluding hydrogens is 448 g/mol. The quantitative estimate of drug-likeness (QED) is 0.424. The summed E-state index contributed by atoms with van der Waals surface area (Å²) in [5.74, 6) is 0. The number of hydrogen-bond donors (Lipinski definition) is 2. The van der Waals surface area contributed by atoms with Gasteiger partial charge in [-0.2, -0.15) is 0 Å². The average Bonchev–Trinajstić information content (AvgIpc) is 2.68. The molecule has 0 spiro atoms. The average molecular weight is 473 g/mol. The Hall–Kier alpha value is -1.23. The second kappa shape index (κ2) is 11.2. The maximum Gasteiger partial charge on any atom is 0.0737 e. The van der Waals surface area contributed by atoms with Gasteiger partial charge < -0.3 is 10.6 Å². The minimum Gasteiger partial charge on any atom is -0.382 e. The molecule has 3 aromatic rings. The van der Waals surface area contributed by atoms with Crippen LogP contribution in [0.3, 0.4) is 0 Å². The van der Waals surface area contributed by atoms with E-state index in [2.05, 4.69) is 33.8 Å². The van der Waals surface area contributed by atoms with Crippen molar-refractivity contribution in [3.05, 3.63) is 70.3 Å². The Bertz CT molecular complexity index is 910. The number of hydrogen-bond acceptors (Lipinski definition) is 3. The van der Waals surface area contributed by atoms with Gasteiger partial charge in [-0.1, -0.05) is 35.3 Å². The van der Waals surface area contributed by atoms with Gasteiger partial charge in [-0.05, 0) is 67.6 Å². The lowest BCUT2D eigenvalue weighted by molar-refractivity contribution is 0.353. The highest BCUT2D eigenvalue weighted by molar-refractivity contribution is 6.31. The third-order valence-electron chi connectivity index (χ3n) is 5.30. The van der Waals surface area contributed by atoms with Crippen molar-refractivity contribution in [1.29, 1.82) is 0 Å². The van der Waals surface area contributed by atoms with Gasteiger partial charge in [0.1, 0.15) is 0 Å². The first-order valence-electron chi connectivity index (χ1n) is 9.46. The lowest BCUT2D eigenvalue weighted by Gasteiger charge is -2.30. The molecule has 1 saturated carbocycles. The van der Waals surface area contributed by atoms with Crippen LogP contribution < -0.4 is 10.6 Å². The normalized spacial score (nSPS) is 18.6. The first-order chi connectivity index (χ1) is 13.2. The molecule has 0 saturated heterocycles. The zero-order chi connectivity index (χ0) is 18.6. The molecule has 156 valence electrons. The van der Waals surface area contributed by atoms with Crippen LogP contribution in [0.2, 0.25) is 10.0 Å². The molecule has 0 aliphatic heterocycles. The van der Waals surface area contributed by atoms with Crippen LogP contribution in [0.1, 0.15) is 31.2 Å². The molecule has 29 heavy (non-hydrogen) atoms. The summed E-state index contributed by atoms with van der Waals surface area (Å²) in [6, 6.07) is 17.1. The molecule has 1 aliphatic rings. The van der Waals surface area contributed by atoms with Crippen molar-refractivity contribution in [1.82, 2.24) is 10.3 Å². The Morgan fingerprint density at radius 2 is 1.48 bits per heavy atom. The van der Waals surface area contributed by atoms with Crippen molar-refractivity contribution in [3.8, 4) is 0 Å². The summed E-state index contributed by atoms with van der Waals surface area (Å²) in [5.41, 5.74) is 3.36. The van der Waals surface area contributed by atoms with Crippen LogP contribution in [0.4, 0.5) is 5.69 Å². The van der Waals surface area contributed by atoms with Gasteiger partial charge in [-0.3, -0.25) is 4.98 Å². The fraction of sp³-hybridized carbons (Fsp3) is 0.318. The number of aromatic nitrogens is 1. The number of anilines is 1. The van der Waals surface area contributed by atoms with Crippen LogP contribution in [0.5, 0.6) is 0 Å². The SMILES string of the molecule is Cl.Cl.Clc1ccc(CN[C@H]2CC[C@@H](Nc3ccnc4cc(Cl)ccc34)CC2)cc1. The molecule has 1 aliphatic carbocycles. The second-order valence-electron chi connectivity index (χ2n) is 7.22. The molecule has 0 radical (unpaired) electrons. The zero-order valence-electron chi connectivity index (χ0n) is 15.9. The van der Waals surface area contributed by atoms with E-state index >= 15 is 0 Å². The predicted molar refractivity (Wildman–Crippen MR) is 129 cm³/mol. The number of halogens is 4. The molecule has 2 aromatic carbocycles. The van der Waals surface area contributed by atoms with Crippen molar-refractivity contribution in [3.63, 3.8) is 0 Å². The van der Waals surface area contributed by atoms with E-state index in [-0.39, 0.29) is 24.8 Å². The van der Waals surface area contributed by atoms with Gasteiger partial charge in [0.05, 0.1) is 5.52 Å². The van der Waals surface area contributed by atoms with E-state index in [0.29, 0.717) is 12.1 Å². The minimum atomic E-state index is 0. The maximum atomic E-state index is 6.09. The monoisotopic (exact) mass is 471 g/mol. The topological polar surface area (TPSA) is 37.0 Å². The number of fused-ring (bicyclic) bond motifs is 1. The maximum absolute atomic E-state index is 6.09. The Balaban J connectivity index is 0.00000150. The van der Waals surface area contributed by atoms with Gasteiger partial charge in [-0.25, -0.2) is 0 Å². The number of benzene rings is 2. The first-order valence-corrected chi connectivity index (χ1v) is 10.2. The van der Waals surface area contributed by atoms with Gasteiger partial charge in [0.15, 0.2) is 0 Å². The molecule has 1 heterocycles. The highest BCUT2D eigenvalue weighted by atomic mass is 35.5. The van der Waals surface area contributed by atoms with E-state index in [1.165, 1.54) is 18.4 Å². The van der Waals surface area contributed by atoms with Crippen LogP contribution >= 0.6 is 48.0 Å². The molecule has 0 unspecified atom stereocenters. The third-order valence-corrected chi connectivity index (χ3v) is 5.79. The molecule has 1 fully saturated rings. The van der Waals surface area contributed by atoms with Crippen molar-refractivity contribution in [2.24, 2.45) is 0 Å². The highest BCUT2D eigenvalue weighted by Crippen LogP contribution is 2.28. The molecule has 0 atom stereocenters. The fourth-order valence-electron chi connectivity index (χ4n) is 3.77. The Kier molecular flexibility index (Phi) is 9.32. The predicted octanol–water partition coefficient (Wildman–Crippen LogP) is 6.90. The van der Waals surface area contributed by atoms with E-state index in [9.17, 15) is 0 Å². The zero-order valence-corrected chi connectivity index (χ0v) is 19.1. The number of pyridine rings is 1. The van der Waals surface area contributed by atoms with Gasteiger partial charge >= 0.3 is 0 Å². The van der Waals surface area contributed by atoms with Crippen molar-refractivity contribution < 1.29 is 0 Å². The standard InChI is InChI=1S/C22H23Cl2N3.2ClH/c23-16-3-1-15(2-4-16)14-26-18-6-8-19(9-7-18)27-21-11-12-25-22-13-17(24)5-10-20(21)22;;/h1-5,10-13,18-19,26H,6-9,14H2,(H,25,27);2*1H/t18-,19+;;. The van der Waals surface area contributed by atoms with Gasteiger partial charge in [0.25, 0.3) is 0 Å². The molecule has 3 nitrogen and oxygen atoms in total. The van der Waals surface area contributed by atoms with Crippen LogP contribution in [-0.2, 0) is 6.54 Å². The number of nitrogens with one attached hydrogen (secondary N) is 2. The van der Waals surface area contributed by atoms with E-state index < -0.39 is 0 Å². The van der Waals surface area contributed by atoms with Crippen molar-refractivity contribution in [2.45, 2.75) is 44.3 Å². The van der Waals surface area contributed by atoms with Crippen molar-refractivity contribution in [2.75, 3.05) is 5.32 Å². The van der Waals surface area contributed by atoms with Gasteiger partial charge in [0.2, 0.25) is 0 Å². The molecule has 1 aromatic heterocycles. The third kappa shape index (κ3) is 6.37. The number of nitrogens with zero attached hydrogens (tertiary/aromatic N) is 1. The van der Waals surface area contributed by atoms with E-state index in [0.717, 1.165) is 46.0 Å². The summed E-state index contributed by atoms with van der Waals surface area (Å²) in [5, 5.41) is 10.0. The lowest BCUT2D eigenvalue weighted by atomic mass is 9.90. The van der Waals surface area contributed by atoms with E-state index in [4.69, 9.17) is 23.2 Å². The molecular formula is C22H25Cl4N3. The highest BCUT2D eigenvalue weighted by Gasteiger charge is 2.21. The minimum absolute atomic E-state index is 0. The number of rotatable bonds is 5. The van der Waals surface area contributed by atoms with Crippen molar-refractivity contribution >= 4 is 64.6 Å². The van der Waals surface area contributed by atoms with E-state index in [1.807, 2.05) is 36.5 Å². The largest absolute Gasteiger partial charge is 0.382 e. The van der Waals surface area contributed by atoms with E-state index in [1.54, 1.807) is 0 Å². The molecule has 2 N–H and O–H groups in total. The Morgan fingerprint density at radius 3 is 2.21 bits per heavy atom. The Labute approximate surface area is 194 Å². The molecule has 7 heteroatoms. The van der Waals surface area contributed by atoms with Gasteiger partial charge in [0, 0.05) is 45.9 Å². The second-order valence-corrected chi connectivity index (χ2v) is 8.09. The fourth-order valence-corrected chi connectivity index (χ4v) is 4.07. The smallest absolute Gasteiger partial charge is 0.0737 e. The van der Waals surface area contributed by atoms with Crippen LogP contribution in [0.25, 0.3) is 10.9 Å². The Morgan fingerprint density at radius 1 is 0.828 bits per heavy atom. The summed E-state index contributed by atoms with van der Waals surface area (Å²) in [4.78, 5) is 4.42. The summed E-state index contributed by atoms with van der Waals surface area (Å²) in [6.07, 6.45) is 6.53. The van der Waals surface area contributed by atoms with Crippen LogP contribution in [0.15, 0.2) is 54.7 Å². The van der Waals surface area contributed by atoms with Gasteiger partial charge in [-0.15, -0.1) is 24.8 Å². The molecule has 0 bridgehead atoms. The summed E-state index contributed by atoms with van der Waals surface area (Å²) < 4.78 is 0. The summed E-state index contributed by atoms with van der Waals surface area (Å²) in [7, 11) is 0. The van der Waals surface area contributed by atoms with Crippen LogP contribution in [0, 0.1) is 0 Å². The first kappa shape index (κ1) is 24.0. The summed E-state index contributed by atoms with van der Waals surface area (Å²) in [6.45, 7) is 0.898. The van der Waals surface area contributed by atoms with Crippen LogP contribution in [-0.4, -0.2) is 17.1 Å².